The summed E-state index contributed by atoms with van der Waals surface area (Å²) in [6, 6.07) is 4.54. The lowest BCUT2D eigenvalue weighted by Crippen LogP contribution is -2.51. The number of anilines is 1. The number of nitrogens with one attached hydrogen (secondary N) is 2. The maximum atomic E-state index is 14.0. The summed E-state index contributed by atoms with van der Waals surface area (Å²) in [5.41, 5.74) is 1.01. The molecule has 4 bridgehead atoms. The van der Waals surface area contributed by atoms with Crippen molar-refractivity contribution in [3.63, 3.8) is 0 Å². The van der Waals surface area contributed by atoms with Crippen LogP contribution in [0.25, 0.3) is 0 Å². The normalized spacial score (nSPS) is 33.2. The fraction of sp³-hybridized carbons (Fsp3) is 0.615. The minimum absolute atomic E-state index is 0.127. The second kappa shape index (κ2) is 8.17. The van der Waals surface area contributed by atoms with Crippen LogP contribution in [0.5, 0.6) is 5.75 Å². The van der Waals surface area contributed by atoms with Gasteiger partial charge in [0.1, 0.15) is 17.1 Å². The number of methoxy groups -OCH3 is 1. The molecule has 0 saturated heterocycles. The van der Waals surface area contributed by atoms with Crippen molar-refractivity contribution in [2.24, 2.45) is 23.2 Å². The van der Waals surface area contributed by atoms with E-state index in [1.165, 1.54) is 25.5 Å². The zero-order valence-electron chi connectivity index (χ0n) is 19.8. The smallest absolute Gasteiger partial charge is 0.410 e. The lowest BCUT2D eigenvalue weighted by molar-refractivity contribution is -0.173. The first-order valence-electron chi connectivity index (χ1n) is 12.6. The number of benzene rings is 1. The molecule has 4 fully saturated rings. The van der Waals surface area contributed by atoms with Crippen molar-refractivity contribution >= 4 is 11.7 Å². The number of alkyl halides is 3. The van der Waals surface area contributed by atoms with Gasteiger partial charge in [0.05, 0.1) is 19.3 Å². The zero-order valence-corrected chi connectivity index (χ0v) is 19.8. The summed E-state index contributed by atoms with van der Waals surface area (Å²) in [4.78, 5) is 13.3. The molecule has 1 amide bonds. The monoisotopic (exact) mass is 488 g/mol. The highest BCUT2D eigenvalue weighted by Gasteiger charge is 2.51. The van der Waals surface area contributed by atoms with E-state index in [0.717, 1.165) is 41.7 Å². The van der Waals surface area contributed by atoms with Crippen molar-refractivity contribution in [3.8, 4) is 5.75 Å². The molecule has 1 aliphatic heterocycles. The summed E-state index contributed by atoms with van der Waals surface area (Å²) < 4.78 is 48.1. The Balaban J connectivity index is 1.23. The molecule has 4 saturated carbocycles. The van der Waals surface area contributed by atoms with Crippen molar-refractivity contribution < 1.29 is 22.7 Å². The number of carbonyl (C=O) groups is 1. The Kier molecular flexibility index (Phi) is 5.30. The van der Waals surface area contributed by atoms with E-state index in [4.69, 9.17) is 4.74 Å². The molecule has 0 spiro atoms. The lowest BCUT2D eigenvalue weighted by Gasteiger charge is -2.56. The molecule has 0 unspecified atom stereocenters. The zero-order chi connectivity index (χ0) is 24.4. The summed E-state index contributed by atoms with van der Waals surface area (Å²) in [5.74, 6) is 2.70. The van der Waals surface area contributed by atoms with Crippen LogP contribution in [0.4, 0.5) is 19.0 Å². The first-order chi connectivity index (χ1) is 16.7. The largest absolute Gasteiger partial charge is 0.497 e. The van der Waals surface area contributed by atoms with Crippen LogP contribution in [-0.2, 0) is 0 Å². The fourth-order valence-electron chi connectivity index (χ4n) is 7.65. The van der Waals surface area contributed by atoms with Gasteiger partial charge in [-0.1, -0.05) is 12.1 Å². The van der Waals surface area contributed by atoms with E-state index in [2.05, 4.69) is 15.7 Å². The van der Waals surface area contributed by atoms with E-state index < -0.39 is 18.3 Å². The van der Waals surface area contributed by atoms with Gasteiger partial charge in [0.25, 0.3) is 5.91 Å². The van der Waals surface area contributed by atoms with Gasteiger partial charge < -0.3 is 15.4 Å². The standard InChI is InChI=1S/C26H31F3N4O2/c1-35-19-4-2-18(3-5-19)21-9-22(26(27,28)29)33-23(32-21)20(13-31-33)24(34)30-14-25-10-15-6-16(11-25)8-17(7-15)12-25/h2-5,13,15-17,21-22,32H,6-12,14H2,1H3,(H,30,34)/t15?,16?,17?,21-,22-,25?/m0/s1. The highest BCUT2D eigenvalue weighted by Crippen LogP contribution is 2.59. The van der Waals surface area contributed by atoms with Crippen molar-refractivity contribution in [1.29, 1.82) is 0 Å². The molecule has 0 radical (unpaired) electrons. The maximum Gasteiger partial charge on any atom is 0.410 e. The van der Waals surface area contributed by atoms with Crippen LogP contribution in [0.1, 0.15) is 73.0 Å². The van der Waals surface area contributed by atoms with Gasteiger partial charge in [-0.25, -0.2) is 4.68 Å². The average molecular weight is 489 g/mol. The molecule has 35 heavy (non-hydrogen) atoms. The number of nitrogens with zero attached hydrogens (tertiary/aromatic N) is 2. The van der Waals surface area contributed by atoms with Crippen molar-refractivity contribution in [2.75, 3.05) is 19.0 Å². The SMILES string of the molecule is COc1ccc([C@@H]2C[C@@H](C(F)(F)F)n3ncc(C(=O)NCC45CC6CC(CC(C6)C4)C5)c3N2)cc1. The molecule has 2 heterocycles. The second-order valence-electron chi connectivity index (χ2n) is 11.2. The number of hydrogen-bond acceptors (Lipinski definition) is 4. The molecule has 188 valence electrons. The van der Waals surface area contributed by atoms with E-state index >= 15 is 0 Å². The Labute approximate surface area is 202 Å². The second-order valence-corrected chi connectivity index (χ2v) is 11.2. The molecular formula is C26H31F3N4O2. The third-order valence-electron chi connectivity index (χ3n) is 8.79. The Morgan fingerprint density at radius 1 is 1.11 bits per heavy atom. The molecule has 5 aliphatic rings. The van der Waals surface area contributed by atoms with E-state index in [9.17, 15) is 18.0 Å². The van der Waals surface area contributed by atoms with Gasteiger partial charge in [0, 0.05) is 13.0 Å². The number of aromatic nitrogens is 2. The quantitative estimate of drug-likeness (QED) is 0.583. The van der Waals surface area contributed by atoms with Crippen LogP contribution in [0.2, 0.25) is 0 Å². The van der Waals surface area contributed by atoms with Crippen LogP contribution in [0.3, 0.4) is 0 Å². The number of rotatable bonds is 5. The number of amides is 1. The third-order valence-corrected chi connectivity index (χ3v) is 8.79. The van der Waals surface area contributed by atoms with Crippen molar-refractivity contribution in [1.82, 2.24) is 15.1 Å². The predicted octanol–water partition coefficient (Wildman–Crippen LogP) is 5.50. The Morgan fingerprint density at radius 2 is 1.74 bits per heavy atom. The number of hydrogen-bond donors (Lipinski definition) is 2. The average Bonchev–Trinajstić information content (AvgIpc) is 3.24. The van der Waals surface area contributed by atoms with E-state index in [0.29, 0.717) is 17.9 Å². The van der Waals surface area contributed by atoms with Gasteiger partial charge >= 0.3 is 6.18 Å². The molecule has 4 aliphatic carbocycles. The number of carbonyl (C=O) groups excluding carboxylic acids is 1. The molecule has 2 atom stereocenters. The van der Waals surface area contributed by atoms with Gasteiger partial charge in [-0.15, -0.1) is 0 Å². The molecule has 7 rings (SSSR count). The van der Waals surface area contributed by atoms with Crippen LogP contribution in [0, 0.1) is 23.2 Å². The van der Waals surface area contributed by atoms with Crippen molar-refractivity contribution in [3.05, 3.63) is 41.6 Å². The predicted molar refractivity (Wildman–Crippen MR) is 124 cm³/mol. The number of halogens is 3. The summed E-state index contributed by atoms with van der Waals surface area (Å²) in [7, 11) is 1.54. The van der Waals surface area contributed by atoms with E-state index in [1.807, 2.05) is 0 Å². The van der Waals surface area contributed by atoms with Gasteiger partial charge in [-0.05, 0) is 79.4 Å². The molecule has 2 aromatic rings. The first kappa shape index (κ1) is 22.7. The Bertz CT molecular complexity index is 1080. The van der Waals surface area contributed by atoms with Crippen LogP contribution >= 0.6 is 0 Å². The van der Waals surface area contributed by atoms with Gasteiger partial charge in [-0.2, -0.15) is 18.3 Å². The fourth-order valence-corrected chi connectivity index (χ4v) is 7.65. The van der Waals surface area contributed by atoms with Gasteiger partial charge in [-0.3, -0.25) is 4.79 Å². The van der Waals surface area contributed by atoms with Crippen LogP contribution in [-0.4, -0.2) is 35.5 Å². The first-order valence-corrected chi connectivity index (χ1v) is 12.6. The lowest BCUT2D eigenvalue weighted by atomic mass is 9.49. The topological polar surface area (TPSA) is 68.2 Å². The summed E-state index contributed by atoms with van der Waals surface area (Å²) in [6.45, 7) is 0.588. The van der Waals surface area contributed by atoms with E-state index in [1.54, 1.807) is 31.4 Å². The van der Waals surface area contributed by atoms with Crippen LogP contribution in [0.15, 0.2) is 30.5 Å². The van der Waals surface area contributed by atoms with Gasteiger partial charge in [0.15, 0.2) is 6.04 Å². The molecule has 1 aromatic carbocycles. The molecule has 2 N–H and O–H groups in total. The Morgan fingerprint density at radius 3 is 2.31 bits per heavy atom. The third kappa shape index (κ3) is 4.06. The highest BCUT2D eigenvalue weighted by molar-refractivity contribution is 5.99. The molecule has 6 nitrogen and oxygen atoms in total. The summed E-state index contributed by atoms with van der Waals surface area (Å²) in [6.07, 6.45) is 3.99. The number of fused-ring (bicyclic) bond motifs is 1. The number of ether oxygens (including phenoxy) is 1. The summed E-state index contributed by atoms with van der Waals surface area (Å²) in [5, 5.41) is 10.3. The minimum atomic E-state index is -4.49. The minimum Gasteiger partial charge on any atom is -0.497 e. The van der Waals surface area contributed by atoms with E-state index in [-0.39, 0.29) is 29.1 Å². The Hall–Kier alpha value is -2.71. The highest BCUT2D eigenvalue weighted by atomic mass is 19.4. The maximum absolute atomic E-state index is 14.0. The molecule has 1 aromatic heterocycles. The summed E-state index contributed by atoms with van der Waals surface area (Å²) >= 11 is 0. The van der Waals surface area contributed by atoms with Crippen LogP contribution < -0.4 is 15.4 Å². The van der Waals surface area contributed by atoms with Gasteiger partial charge in [0.2, 0.25) is 0 Å². The van der Waals surface area contributed by atoms with Crippen molar-refractivity contribution in [2.45, 2.75) is 63.2 Å². The molecular weight excluding hydrogens is 457 g/mol. The molecule has 9 heteroatoms.